The monoisotopic (exact) mass is 291 g/mol. The van der Waals surface area contributed by atoms with Crippen LogP contribution in [-0.4, -0.2) is 24.0 Å². The van der Waals surface area contributed by atoms with Gasteiger partial charge in [-0.25, -0.2) is 0 Å². The van der Waals surface area contributed by atoms with Crippen molar-refractivity contribution in [1.29, 1.82) is 5.26 Å². The lowest BCUT2D eigenvalue weighted by molar-refractivity contribution is 0.915. The molecule has 0 aliphatic heterocycles. The van der Waals surface area contributed by atoms with Gasteiger partial charge in [-0.2, -0.15) is 17.0 Å². The predicted octanol–water partition coefficient (Wildman–Crippen LogP) is 2.44. The minimum atomic E-state index is 0.651. The first-order chi connectivity index (χ1) is 9.27. The van der Waals surface area contributed by atoms with Crippen LogP contribution in [0.1, 0.15) is 11.1 Å². The Bertz CT molecular complexity index is 466. The van der Waals surface area contributed by atoms with Crippen molar-refractivity contribution in [2.45, 2.75) is 5.75 Å². The highest BCUT2D eigenvalue weighted by Crippen LogP contribution is 2.15. The van der Waals surface area contributed by atoms with Gasteiger partial charge in [-0.15, -0.1) is 6.58 Å². The standard InChI is InChI=1S/C14H17N3S2/c1-2-7-16-14(18)17-8-9-19-11-13-6-4-3-5-12(13)10-15/h2-6H,1,7-9,11H2,(H2,16,17,18). The molecule has 19 heavy (non-hydrogen) atoms. The van der Waals surface area contributed by atoms with Gasteiger partial charge < -0.3 is 10.6 Å². The molecule has 0 fully saturated rings. The summed E-state index contributed by atoms with van der Waals surface area (Å²) in [7, 11) is 0. The molecule has 0 heterocycles. The van der Waals surface area contributed by atoms with Crippen molar-refractivity contribution in [1.82, 2.24) is 10.6 Å². The van der Waals surface area contributed by atoms with Gasteiger partial charge in [0.2, 0.25) is 0 Å². The second kappa shape index (κ2) is 9.42. The molecule has 0 saturated carbocycles. The lowest BCUT2D eigenvalue weighted by Gasteiger charge is -2.08. The third-order valence-corrected chi connectivity index (χ3v) is 3.63. The Kier molecular flexibility index (Phi) is 7.71. The van der Waals surface area contributed by atoms with Crippen LogP contribution in [0.2, 0.25) is 0 Å². The maximum Gasteiger partial charge on any atom is 0.166 e. The number of nitriles is 1. The molecule has 0 amide bonds. The van der Waals surface area contributed by atoms with Gasteiger partial charge in [0.1, 0.15) is 0 Å². The summed E-state index contributed by atoms with van der Waals surface area (Å²) in [5.41, 5.74) is 1.84. The average molecular weight is 291 g/mol. The fourth-order valence-electron chi connectivity index (χ4n) is 1.40. The highest BCUT2D eigenvalue weighted by atomic mass is 32.2. The van der Waals surface area contributed by atoms with E-state index < -0.39 is 0 Å². The Morgan fingerprint density at radius 3 is 2.95 bits per heavy atom. The summed E-state index contributed by atoms with van der Waals surface area (Å²) in [6.45, 7) is 5.09. The molecule has 0 unspecified atom stereocenters. The van der Waals surface area contributed by atoms with Crippen LogP contribution >= 0.6 is 24.0 Å². The molecule has 100 valence electrons. The quantitative estimate of drug-likeness (QED) is 0.459. The zero-order valence-corrected chi connectivity index (χ0v) is 12.3. The van der Waals surface area contributed by atoms with Gasteiger partial charge in [0.25, 0.3) is 0 Å². The normalized spacial score (nSPS) is 9.42. The summed E-state index contributed by atoms with van der Waals surface area (Å²) in [6, 6.07) is 9.90. The van der Waals surface area contributed by atoms with E-state index in [1.54, 1.807) is 17.8 Å². The van der Waals surface area contributed by atoms with Crippen LogP contribution in [0, 0.1) is 11.3 Å². The summed E-state index contributed by atoms with van der Waals surface area (Å²) in [5, 5.41) is 15.8. The van der Waals surface area contributed by atoms with E-state index in [1.165, 1.54) is 0 Å². The fraction of sp³-hybridized carbons (Fsp3) is 0.286. The maximum absolute atomic E-state index is 8.97. The number of rotatable bonds is 7. The van der Waals surface area contributed by atoms with E-state index in [-0.39, 0.29) is 0 Å². The van der Waals surface area contributed by atoms with Gasteiger partial charge in [-0.05, 0) is 23.8 Å². The van der Waals surface area contributed by atoms with E-state index in [1.807, 2.05) is 24.3 Å². The third-order valence-electron chi connectivity index (χ3n) is 2.33. The minimum absolute atomic E-state index is 0.651. The molecule has 1 rings (SSSR count). The molecular formula is C14H17N3S2. The summed E-state index contributed by atoms with van der Waals surface area (Å²) in [4.78, 5) is 0. The molecule has 0 bridgehead atoms. The lowest BCUT2D eigenvalue weighted by Crippen LogP contribution is -2.36. The molecule has 0 aliphatic carbocycles. The van der Waals surface area contributed by atoms with Gasteiger partial charge >= 0.3 is 0 Å². The molecule has 0 saturated heterocycles. The first-order valence-electron chi connectivity index (χ1n) is 5.96. The summed E-state index contributed by atoms with van der Waals surface area (Å²) >= 11 is 6.86. The number of benzene rings is 1. The van der Waals surface area contributed by atoms with Crippen LogP contribution in [0.3, 0.4) is 0 Å². The van der Waals surface area contributed by atoms with Crippen LogP contribution in [-0.2, 0) is 5.75 Å². The number of hydrogen-bond acceptors (Lipinski definition) is 3. The number of nitrogens with one attached hydrogen (secondary N) is 2. The Balaban J connectivity index is 2.19. The van der Waals surface area contributed by atoms with E-state index in [0.29, 0.717) is 11.7 Å². The molecule has 5 heteroatoms. The van der Waals surface area contributed by atoms with E-state index in [4.69, 9.17) is 17.5 Å². The smallest absolute Gasteiger partial charge is 0.166 e. The van der Waals surface area contributed by atoms with Crippen LogP contribution in [0.25, 0.3) is 0 Å². The van der Waals surface area contributed by atoms with E-state index in [9.17, 15) is 0 Å². The Morgan fingerprint density at radius 1 is 1.42 bits per heavy atom. The van der Waals surface area contributed by atoms with Crippen LogP contribution in [0.4, 0.5) is 0 Å². The van der Waals surface area contributed by atoms with Crippen molar-refractivity contribution >= 4 is 29.1 Å². The lowest BCUT2D eigenvalue weighted by atomic mass is 10.1. The van der Waals surface area contributed by atoms with Crippen LogP contribution < -0.4 is 10.6 Å². The van der Waals surface area contributed by atoms with Crippen molar-refractivity contribution in [2.75, 3.05) is 18.8 Å². The first kappa shape index (κ1) is 15.5. The van der Waals surface area contributed by atoms with Crippen molar-refractivity contribution in [2.24, 2.45) is 0 Å². The molecular weight excluding hydrogens is 274 g/mol. The number of hydrogen-bond donors (Lipinski definition) is 2. The molecule has 0 aromatic heterocycles. The molecule has 0 aliphatic rings. The average Bonchev–Trinajstić information content (AvgIpc) is 2.45. The van der Waals surface area contributed by atoms with Crippen molar-refractivity contribution in [3.63, 3.8) is 0 Å². The van der Waals surface area contributed by atoms with E-state index >= 15 is 0 Å². The second-order valence-electron chi connectivity index (χ2n) is 3.75. The Labute approximate surface area is 124 Å². The highest BCUT2D eigenvalue weighted by molar-refractivity contribution is 7.98. The Morgan fingerprint density at radius 2 is 2.21 bits per heavy atom. The van der Waals surface area contributed by atoms with Gasteiger partial charge in [0, 0.05) is 24.6 Å². The van der Waals surface area contributed by atoms with E-state index in [0.717, 1.165) is 29.2 Å². The Hall–Kier alpha value is -1.51. The van der Waals surface area contributed by atoms with Gasteiger partial charge in [0.15, 0.2) is 5.11 Å². The summed E-state index contributed by atoms with van der Waals surface area (Å²) < 4.78 is 0. The molecule has 1 aromatic carbocycles. The molecule has 2 N–H and O–H groups in total. The van der Waals surface area contributed by atoms with E-state index in [2.05, 4.69) is 23.3 Å². The second-order valence-corrected chi connectivity index (χ2v) is 5.26. The number of nitrogens with zero attached hydrogens (tertiary/aromatic N) is 1. The molecule has 3 nitrogen and oxygen atoms in total. The van der Waals surface area contributed by atoms with Gasteiger partial charge in [0.05, 0.1) is 11.6 Å². The summed E-state index contributed by atoms with van der Waals surface area (Å²) in [5.74, 6) is 1.79. The molecule has 1 aromatic rings. The van der Waals surface area contributed by atoms with Crippen LogP contribution in [0.15, 0.2) is 36.9 Å². The van der Waals surface area contributed by atoms with Crippen molar-refractivity contribution in [3.8, 4) is 6.07 Å². The predicted molar refractivity (Wildman–Crippen MR) is 86.1 cm³/mol. The largest absolute Gasteiger partial charge is 0.362 e. The summed E-state index contributed by atoms with van der Waals surface area (Å²) in [6.07, 6.45) is 1.77. The first-order valence-corrected chi connectivity index (χ1v) is 7.52. The van der Waals surface area contributed by atoms with Gasteiger partial charge in [-0.3, -0.25) is 0 Å². The SMILES string of the molecule is C=CCNC(=S)NCCSCc1ccccc1C#N. The van der Waals surface area contributed by atoms with Crippen molar-refractivity contribution in [3.05, 3.63) is 48.0 Å². The topological polar surface area (TPSA) is 47.8 Å². The van der Waals surface area contributed by atoms with Crippen LogP contribution in [0.5, 0.6) is 0 Å². The highest BCUT2D eigenvalue weighted by Gasteiger charge is 2.00. The third kappa shape index (κ3) is 6.27. The van der Waals surface area contributed by atoms with Gasteiger partial charge in [-0.1, -0.05) is 24.3 Å². The van der Waals surface area contributed by atoms with Crippen molar-refractivity contribution < 1.29 is 0 Å². The number of thioether (sulfide) groups is 1. The molecule has 0 spiro atoms. The molecule has 0 radical (unpaired) electrons. The fourth-order valence-corrected chi connectivity index (χ4v) is 2.45. The minimum Gasteiger partial charge on any atom is -0.362 e. The number of thiocarbonyl (C=S) groups is 1. The zero-order chi connectivity index (χ0) is 13.9. The maximum atomic E-state index is 8.97. The molecule has 0 atom stereocenters. The zero-order valence-electron chi connectivity index (χ0n) is 10.7.